The molecule has 6 nitrogen and oxygen atoms in total. The van der Waals surface area contributed by atoms with E-state index in [0.29, 0.717) is 13.1 Å². The highest BCUT2D eigenvalue weighted by atomic mass is 32.2. The molecule has 0 bridgehead atoms. The number of nitrogens with one attached hydrogen (secondary N) is 2. The number of benzene rings is 2. The van der Waals surface area contributed by atoms with Crippen molar-refractivity contribution in [1.29, 1.82) is 0 Å². The third-order valence-electron chi connectivity index (χ3n) is 5.07. The summed E-state index contributed by atoms with van der Waals surface area (Å²) in [5.41, 5.74) is 3.87. The number of amides is 1. The van der Waals surface area contributed by atoms with Crippen LogP contribution in [0.5, 0.6) is 0 Å². The van der Waals surface area contributed by atoms with Gasteiger partial charge >= 0.3 is 0 Å². The van der Waals surface area contributed by atoms with Crippen LogP contribution in [0.4, 0.5) is 0 Å². The van der Waals surface area contributed by atoms with Crippen molar-refractivity contribution in [1.82, 2.24) is 14.6 Å². The topological polar surface area (TPSA) is 82.3 Å². The predicted octanol–water partition coefficient (Wildman–Crippen LogP) is 2.55. The molecule has 1 aliphatic rings. The van der Waals surface area contributed by atoms with Gasteiger partial charge in [0.2, 0.25) is 15.9 Å². The highest BCUT2D eigenvalue weighted by molar-refractivity contribution is 7.89. The van der Waals surface area contributed by atoms with Gasteiger partial charge in [0.25, 0.3) is 0 Å². The van der Waals surface area contributed by atoms with Gasteiger partial charge in [-0.15, -0.1) is 0 Å². The number of carbonyl (C=O) groups excluding carboxylic acids is 1. The average molecular weight is 383 g/mol. The fraction of sp³-hybridized carbons (Fsp3) is 0.250. The fourth-order valence-electron chi connectivity index (χ4n) is 3.50. The number of sulfonamides is 1. The number of rotatable bonds is 4. The summed E-state index contributed by atoms with van der Waals surface area (Å²) in [5.74, 6) is 0.00590. The average Bonchev–Trinajstić information content (AvgIpc) is 3.09. The van der Waals surface area contributed by atoms with Crippen LogP contribution in [0.2, 0.25) is 0 Å². The first kappa shape index (κ1) is 17.8. The Balaban J connectivity index is 1.55. The largest absolute Gasteiger partial charge is 0.361 e. The third-order valence-corrected chi connectivity index (χ3v) is 6.47. The number of aromatic nitrogens is 1. The maximum atomic E-state index is 12.8. The number of H-pyrrole nitrogens is 1. The van der Waals surface area contributed by atoms with Gasteiger partial charge in [0.05, 0.1) is 4.90 Å². The quantitative estimate of drug-likeness (QED) is 0.726. The molecule has 0 spiro atoms. The van der Waals surface area contributed by atoms with Gasteiger partial charge in [-0.1, -0.05) is 24.3 Å². The van der Waals surface area contributed by atoms with Gasteiger partial charge in [0.1, 0.15) is 0 Å². The zero-order valence-electron chi connectivity index (χ0n) is 15.0. The van der Waals surface area contributed by atoms with Crippen molar-refractivity contribution in [2.75, 3.05) is 6.54 Å². The van der Waals surface area contributed by atoms with Crippen LogP contribution < -0.4 is 4.72 Å². The molecule has 0 saturated carbocycles. The van der Waals surface area contributed by atoms with E-state index < -0.39 is 10.0 Å². The Labute approximate surface area is 158 Å². The first-order valence-electron chi connectivity index (χ1n) is 8.86. The van der Waals surface area contributed by atoms with Crippen molar-refractivity contribution >= 4 is 26.8 Å². The van der Waals surface area contributed by atoms with Crippen LogP contribution in [0.3, 0.4) is 0 Å². The van der Waals surface area contributed by atoms with Crippen LogP contribution in [-0.2, 0) is 34.3 Å². The smallest absolute Gasteiger partial charge is 0.240 e. The summed E-state index contributed by atoms with van der Waals surface area (Å²) < 4.78 is 28.2. The van der Waals surface area contributed by atoms with E-state index in [4.69, 9.17) is 0 Å². The molecule has 0 aliphatic carbocycles. The van der Waals surface area contributed by atoms with Crippen LogP contribution in [0.15, 0.2) is 53.6 Å². The van der Waals surface area contributed by atoms with Gasteiger partial charge in [-0.3, -0.25) is 4.79 Å². The first-order chi connectivity index (χ1) is 12.9. The molecule has 140 valence electrons. The summed E-state index contributed by atoms with van der Waals surface area (Å²) in [6.07, 6.45) is 2.57. The van der Waals surface area contributed by atoms with E-state index in [1.807, 2.05) is 36.5 Å². The minimum absolute atomic E-state index is 0.00590. The Morgan fingerprint density at radius 3 is 2.81 bits per heavy atom. The van der Waals surface area contributed by atoms with Crippen molar-refractivity contribution in [2.45, 2.75) is 31.3 Å². The molecular weight excluding hydrogens is 362 g/mol. The van der Waals surface area contributed by atoms with Gasteiger partial charge < -0.3 is 9.88 Å². The number of hydrogen-bond donors (Lipinski definition) is 2. The number of carbonyl (C=O) groups is 1. The van der Waals surface area contributed by atoms with Gasteiger partial charge in [-0.2, -0.15) is 0 Å². The van der Waals surface area contributed by atoms with E-state index in [1.54, 1.807) is 17.0 Å². The summed E-state index contributed by atoms with van der Waals surface area (Å²) in [6.45, 7) is 2.88. The molecule has 27 heavy (non-hydrogen) atoms. The van der Waals surface area contributed by atoms with E-state index in [-0.39, 0.29) is 17.3 Å². The predicted molar refractivity (Wildman–Crippen MR) is 104 cm³/mol. The number of aromatic amines is 1. The molecule has 3 aromatic rings. The molecule has 2 N–H and O–H groups in total. The zero-order valence-corrected chi connectivity index (χ0v) is 15.8. The molecule has 0 atom stereocenters. The summed E-state index contributed by atoms with van der Waals surface area (Å²) in [5, 5.41) is 1.00. The maximum absolute atomic E-state index is 12.8. The van der Waals surface area contributed by atoms with E-state index in [2.05, 4.69) is 9.71 Å². The lowest BCUT2D eigenvalue weighted by atomic mass is 10.00. The normalized spacial score (nSPS) is 14.3. The number of hydrogen-bond acceptors (Lipinski definition) is 3. The van der Waals surface area contributed by atoms with E-state index in [0.717, 1.165) is 34.0 Å². The van der Waals surface area contributed by atoms with Crippen molar-refractivity contribution in [3.8, 4) is 0 Å². The van der Waals surface area contributed by atoms with Crippen LogP contribution in [-0.4, -0.2) is 30.8 Å². The van der Waals surface area contributed by atoms with Gasteiger partial charge in [0, 0.05) is 43.7 Å². The minimum atomic E-state index is -3.64. The second-order valence-electron chi connectivity index (χ2n) is 6.81. The van der Waals surface area contributed by atoms with Gasteiger partial charge in [-0.25, -0.2) is 13.1 Å². The first-order valence-corrected chi connectivity index (χ1v) is 10.3. The van der Waals surface area contributed by atoms with Crippen molar-refractivity contribution in [3.63, 3.8) is 0 Å². The van der Waals surface area contributed by atoms with Crippen LogP contribution in [0.25, 0.3) is 10.9 Å². The second-order valence-corrected chi connectivity index (χ2v) is 8.57. The monoisotopic (exact) mass is 383 g/mol. The number of fused-ring (bicyclic) bond motifs is 2. The van der Waals surface area contributed by atoms with Crippen LogP contribution in [0, 0.1) is 0 Å². The molecule has 0 saturated heterocycles. The highest BCUT2D eigenvalue weighted by Crippen LogP contribution is 2.23. The highest BCUT2D eigenvalue weighted by Gasteiger charge is 2.21. The number of nitrogens with zero attached hydrogens (tertiary/aromatic N) is 1. The lowest BCUT2D eigenvalue weighted by molar-refractivity contribution is -0.129. The molecule has 4 rings (SSSR count). The molecule has 2 aromatic carbocycles. The lowest BCUT2D eigenvalue weighted by Crippen LogP contribution is -2.34. The lowest BCUT2D eigenvalue weighted by Gasteiger charge is -2.28. The minimum Gasteiger partial charge on any atom is -0.361 e. The van der Waals surface area contributed by atoms with Gasteiger partial charge in [-0.05, 0) is 41.3 Å². The molecule has 0 radical (unpaired) electrons. The summed E-state index contributed by atoms with van der Waals surface area (Å²) in [4.78, 5) is 16.7. The summed E-state index contributed by atoms with van der Waals surface area (Å²) in [7, 11) is -3.64. The van der Waals surface area contributed by atoms with Crippen molar-refractivity contribution in [2.24, 2.45) is 0 Å². The third kappa shape index (κ3) is 3.48. The SMILES string of the molecule is CC(=O)N1CCc2ccc(S(=O)(=O)NCc3c[nH]c4ccccc34)cc2C1. The van der Waals surface area contributed by atoms with Gasteiger partial charge in [0.15, 0.2) is 0 Å². The Morgan fingerprint density at radius 1 is 1.19 bits per heavy atom. The Morgan fingerprint density at radius 2 is 2.00 bits per heavy atom. The Bertz CT molecular complexity index is 1120. The fourth-order valence-corrected chi connectivity index (χ4v) is 4.56. The standard InChI is InChI=1S/C20H21N3O3S/c1-14(24)23-9-8-15-6-7-18(10-16(15)13-23)27(25,26)22-12-17-11-21-20-5-3-2-4-19(17)20/h2-7,10-11,21-22H,8-9,12-13H2,1H3. The summed E-state index contributed by atoms with van der Waals surface area (Å²) in [6, 6.07) is 13.0. The second kappa shape index (κ2) is 6.83. The van der Waals surface area contributed by atoms with Crippen molar-refractivity contribution in [3.05, 3.63) is 65.4 Å². The molecule has 0 unspecified atom stereocenters. The van der Waals surface area contributed by atoms with Crippen LogP contribution in [0.1, 0.15) is 23.6 Å². The zero-order chi connectivity index (χ0) is 19.0. The Hall–Kier alpha value is -2.64. The molecule has 1 aliphatic heterocycles. The van der Waals surface area contributed by atoms with Crippen LogP contribution >= 0.6 is 0 Å². The number of para-hydroxylation sites is 1. The molecule has 2 heterocycles. The maximum Gasteiger partial charge on any atom is 0.240 e. The Kier molecular flexibility index (Phi) is 4.49. The van der Waals surface area contributed by atoms with Crippen molar-refractivity contribution < 1.29 is 13.2 Å². The summed E-state index contributed by atoms with van der Waals surface area (Å²) >= 11 is 0. The molecule has 1 amide bonds. The van der Waals surface area contributed by atoms with E-state index in [1.165, 1.54) is 6.92 Å². The molecule has 0 fully saturated rings. The molecule has 7 heteroatoms. The van der Waals surface area contributed by atoms with E-state index >= 15 is 0 Å². The molecular formula is C20H21N3O3S. The van der Waals surface area contributed by atoms with E-state index in [9.17, 15) is 13.2 Å². The molecule has 1 aromatic heterocycles.